The average Bonchev–Trinajstić information content (AvgIpc) is 3.12. The third-order valence-corrected chi connectivity index (χ3v) is 4.08. The van der Waals surface area contributed by atoms with E-state index in [1.165, 1.54) is 0 Å². The van der Waals surface area contributed by atoms with Crippen LogP contribution in [0.15, 0.2) is 67.0 Å². The summed E-state index contributed by atoms with van der Waals surface area (Å²) in [6.45, 7) is 1.27. The number of amides is 1. The van der Waals surface area contributed by atoms with Gasteiger partial charge in [-0.3, -0.25) is 4.79 Å². The van der Waals surface area contributed by atoms with Crippen molar-refractivity contribution in [2.24, 2.45) is 0 Å². The summed E-state index contributed by atoms with van der Waals surface area (Å²) >= 11 is 5.99. The summed E-state index contributed by atoms with van der Waals surface area (Å²) in [4.78, 5) is 14.4. The van der Waals surface area contributed by atoms with E-state index in [4.69, 9.17) is 11.6 Å². The van der Waals surface area contributed by atoms with Crippen LogP contribution < -0.4 is 10.2 Å². The van der Waals surface area contributed by atoms with Gasteiger partial charge in [0, 0.05) is 37.0 Å². The molecule has 2 aromatic carbocycles. The zero-order chi connectivity index (χ0) is 17.6. The van der Waals surface area contributed by atoms with Gasteiger partial charge in [0.25, 0.3) is 5.91 Å². The molecule has 5 nitrogen and oxygen atoms in total. The lowest BCUT2D eigenvalue weighted by Crippen LogP contribution is -2.32. The maximum absolute atomic E-state index is 12.3. The molecule has 1 aromatic heterocycles. The number of anilines is 1. The quantitative estimate of drug-likeness (QED) is 0.738. The van der Waals surface area contributed by atoms with Crippen molar-refractivity contribution in [3.8, 4) is 5.69 Å². The summed E-state index contributed by atoms with van der Waals surface area (Å²) < 4.78 is 1.64. The van der Waals surface area contributed by atoms with Crippen molar-refractivity contribution >= 4 is 23.2 Å². The molecule has 0 saturated carbocycles. The van der Waals surface area contributed by atoms with Crippen LogP contribution in [0.4, 0.5) is 5.69 Å². The third kappa shape index (κ3) is 4.39. The highest BCUT2D eigenvalue weighted by molar-refractivity contribution is 6.30. The maximum Gasteiger partial charge on any atom is 0.254 e. The predicted molar refractivity (Wildman–Crippen MR) is 101 cm³/mol. The summed E-state index contributed by atoms with van der Waals surface area (Å²) in [7, 11) is 2.00. The van der Waals surface area contributed by atoms with Gasteiger partial charge >= 0.3 is 0 Å². The van der Waals surface area contributed by atoms with Crippen molar-refractivity contribution in [3.05, 3.63) is 77.6 Å². The Balaban J connectivity index is 1.55. The first-order valence-electron chi connectivity index (χ1n) is 7.98. The lowest BCUT2D eigenvalue weighted by molar-refractivity contribution is 0.0954. The molecule has 3 aromatic rings. The van der Waals surface area contributed by atoms with Crippen molar-refractivity contribution in [2.75, 3.05) is 25.0 Å². The number of nitrogens with zero attached hydrogens (tertiary/aromatic N) is 3. The fraction of sp³-hybridized carbons (Fsp3) is 0.158. The monoisotopic (exact) mass is 354 g/mol. The number of likely N-dealkylation sites (N-methyl/N-ethyl adjacent to an activating group) is 1. The molecular formula is C19H19ClN4O. The summed E-state index contributed by atoms with van der Waals surface area (Å²) in [5.41, 5.74) is 2.45. The Kier molecular flexibility index (Phi) is 5.36. The van der Waals surface area contributed by atoms with Gasteiger partial charge in [-0.2, -0.15) is 5.10 Å². The minimum absolute atomic E-state index is 0.144. The molecule has 0 fully saturated rings. The van der Waals surface area contributed by atoms with E-state index in [1.54, 1.807) is 29.2 Å². The number of hydrogen-bond acceptors (Lipinski definition) is 3. The van der Waals surface area contributed by atoms with E-state index >= 15 is 0 Å². The van der Waals surface area contributed by atoms with Crippen LogP contribution in [0.2, 0.25) is 5.02 Å². The first-order chi connectivity index (χ1) is 12.1. The molecule has 1 N–H and O–H groups in total. The molecule has 0 saturated heterocycles. The molecular weight excluding hydrogens is 336 g/mol. The molecule has 0 radical (unpaired) electrons. The number of rotatable bonds is 6. The normalized spacial score (nSPS) is 10.5. The van der Waals surface area contributed by atoms with E-state index in [0.29, 0.717) is 17.1 Å². The molecule has 0 bridgehead atoms. The summed E-state index contributed by atoms with van der Waals surface area (Å²) in [5, 5.41) is 7.77. The SMILES string of the molecule is CN(CCNC(=O)c1cnn(-c2cccc(Cl)c2)c1)c1ccccc1. The van der Waals surface area contributed by atoms with E-state index in [2.05, 4.69) is 15.3 Å². The molecule has 1 amide bonds. The minimum atomic E-state index is -0.144. The Morgan fingerprint density at radius 1 is 1.20 bits per heavy atom. The lowest BCUT2D eigenvalue weighted by atomic mass is 10.3. The second-order valence-corrected chi connectivity index (χ2v) is 6.10. The highest BCUT2D eigenvalue weighted by atomic mass is 35.5. The highest BCUT2D eigenvalue weighted by Crippen LogP contribution is 2.14. The Hall–Kier alpha value is -2.79. The van der Waals surface area contributed by atoms with Crippen molar-refractivity contribution in [2.45, 2.75) is 0 Å². The van der Waals surface area contributed by atoms with Crippen molar-refractivity contribution < 1.29 is 4.79 Å². The summed E-state index contributed by atoms with van der Waals surface area (Å²) in [5.74, 6) is -0.144. The van der Waals surface area contributed by atoms with Gasteiger partial charge in [0.1, 0.15) is 0 Å². The standard InChI is InChI=1S/C19H19ClN4O/c1-23(17-7-3-2-4-8-17)11-10-21-19(25)15-13-22-24(14-15)18-9-5-6-16(20)12-18/h2-9,12-14H,10-11H2,1H3,(H,21,25). The molecule has 0 atom stereocenters. The number of aromatic nitrogens is 2. The van der Waals surface area contributed by atoms with Crippen molar-refractivity contribution in [1.29, 1.82) is 0 Å². The molecule has 0 aliphatic rings. The number of carbonyl (C=O) groups excluding carboxylic acids is 1. The molecule has 6 heteroatoms. The number of nitrogens with one attached hydrogen (secondary N) is 1. The van der Waals surface area contributed by atoms with Crippen molar-refractivity contribution in [1.82, 2.24) is 15.1 Å². The number of carbonyl (C=O) groups is 1. The molecule has 128 valence electrons. The van der Waals surface area contributed by atoms with Crippen LogP contribution in [0.1, 0.15) is 10.4 Å². The van der Waals surface area contributed by atoms with E-state index in [0.717, 1.165) is 17.9 Å². The van der Waals surface area contributed by atoms with Crippen LogP contribution in [0.25, 0.3) is 5.69 Å². The second-order valence-electron chi connectivity index (χ2n) is 5.67. The van der Waals surface area contributed by atoms with Gasteiger partial charge in [0.15, 0.2) is 0 Å². The first kappa shape index (κ1) is 17.0. The third-order valence-electron chi connectivity index (χ3n) is 3.85. The fourth-order valence-corrected chi connectivity index (χ4v) is 2.64. The average molecular weight is 355 g/mol. The first-order valence-corrected chi connectivity index (χ1v) is 8.36. The van der Waals surface area contributed by atoms with Gasteiger partial charge in [-0.05, 0) is 30.3 Å². The minimum Gasteiger partial charge on any atom is -0.373 e. The molecule has 3 rings (SSSR count). The Morgan fingerprint density at radius 3 is 2.76 bits per heavy atom. The Bertz CT molecular complexity index is 847. The lowest BCUT2D eigenvalue weighted by Gasteiger charge is -2.19. The van der Waals surface area contributed by atoms with Crippen LogP contribution >= 0.6 is 11.6 Å². The molecule has 0 aliphatic heterocycles. The zero-order valence-corrected chi connectivity index (χ0v) is 14.6. The molecule has 25 heavy (non-hydrogen) atoms. The molecule has 1 heterocycles. The maximum atomic E-state index is 12.3. The van der Waals surface area contributed by atoms with Crippen LogP contribution in [-0.4, -0.2) is 35.8 Å². The Morgan fingerprint density at radius 2 is 2.00 bits per heavy atom. The van der Waals surface area contributed by atoms with E-state index in [-0.39, 0.29) is 5.91 Å². The largest absolute Gasteiger partial charge is 0.373 e. The van der Waals surface area contributed by atoms with Gasteiger partial charge in [0.2, 0.25) is 0 Å². The summed E-state index contributed by atoms with van der Waals surface area (Å²) in [6.07, 6.45) is 3.25. The molecule has 0 unspecified atom stereocenters. The van der Waals surface area contributed by atoms with E-state index < -0.39 is 0 Å². The van der Waals surface area contributed by atoms with Gasteiger partial charge in [0.05, 0.1) is 17.4 Å². The molecule has 0 aliphatic carbocycles. The predicted octanol–water partition coefficient (Wildman–Crippen LogP) is 3.39. The van der Waals surface area contributed by atoms with Gasteiger partial charge in [-0.15, -0.1) is 0 Å². The number of benzene rings is 2. The van der Waals surface area contributed by atoms with Crippen LogP contribution in [-0.2, 0) is 0 Å². The van der Waals surface area contributed by atoms with Gasteiger partial charge < -0.3 is 10.2 Å². The highest BCUT2D eigenvalue weighted by Gasteiger charge is 2.09. The molecule has 0 spiro atoms. The van der Waals surface area contributed by atoms with Crippen LogP contribution in [0.5, 0.6) is 0 Å². The smallest absolute Gasteiger partial charge is 0.254 e. The van der Waals surface area contributed by atoms with E-state index in [9.17, 15) is 4.79 Å². The fourth-order valence-electron chi connectivity index (χ4n) is 2.45. The summed E-state index contributed by atoms with van der Waals surface area (Å²) in [6, 6.07) is 17.4. The van der Waals surface area contributed by atoms with Crippen LogP contribution in [0, 0.1) is 0 Å². The number of para-hydroxylation sites is 1. The van der Waals surface area contributed by atoms with E-state index in [1.807, 2.05) is 49.5 Å². The topological polar surface area (TPSA) is 50.2 Å². The zero-order valence-electron chi connectivity index (χ0n) is 13.9. The number of halogens is 1. The number of hydrogen-bond donors (Lipinski definition) is 1. The second kappa shape index (κ2) is 7.85. The van der Waals surface area contributed by atoms with Gasteiger partial charge in [-0.25, -0.2) is 4.68 Å². The van der Waals surface area contributed by atoms with Gasteiger partial charge in [-0.1, -0.05) is 35.9 Å². The van der Waals surface area contributed by atoms with Crippen LogP contribution in [0.3, 0.4) is 0 Å². The Labute approximate surface area is 151 Å². The van der Waals surface area contributed by atoms with Crippen molar-refractivity contribution in [3.63, 3.8) is 0 Å².